The largest absolute Gasteiger partial charge is 0.437 e. The maximum absolute atomic E-state index is 6.00. The highest BCUT2D eigenvalue weighted by Crippen LogP contribution is 2.33. The summed E-state index contributed by atoms with van der Waals surface area (Å²) in [4.78, 5) is 4.28. The maximum atomic E-state index is 6.00. The van der Waals surface area contributed by atoms with Crippen LogP contribution >= 0.6 is 27.5 Å². The van der Waals surface area contributed by atoms with Crippen molar-refractivity contribution in [3.63, 3.8) is 0 Å². The Morgan fingerprint density at radius 3 is 2.28 bits per heavy atom. The van der Waals surface area contributed by atoms with E-state index in [-0.39, 0.29) is 0 Å². The first-order chi connectivity index (χ1) is 8.47. The molecule has 0 aliphatic carbocycles. The van der Waals surface area contributed by atoms with Gasteiger partial charge in [-0.2, -0.15) is 0 Å². The van der Waals surface area contributed by atoms with Gasteiger partial charge in [0.15, 0.2) is 0 Å². The van der Waals surface area contributed by atoms with Crippen LogP contribution in [0.15, 0.2) is 28.9 Å². The Morgan fingerprint density at radius 1 is 1.11 bits per heavy atom. The van der Waals surface area contributed by atoms with Crippen LogP contribution in [-0.4, -0.2) is 4.98 Å². The Balaban J connectivity index is 2.40. The minimum Gasteiger partial charge on any atom is -0.437 e. The predicted octanol–water partition coefficient (Wildman–Crippen LogP) is 5.22. The maximum Gasteiger partial charge on any atom is 0.233 e. The third kappa shape index (κ3) is 2.85. The van der Waals surface area contributed by atoms with Crippen LogP contribution in [0, 0.1) is 20.8 Å². The van der Waals surface area contributed by atoms with E-state index in [0.717, 1.165) is 26.9 Å². The molecule has 0 bridgehead atoms. The van der Waals surface area contributed by atoms with Crippen LogP contribution in [0.1, 0.15) is 16.7 Å². The number of benzene rings is 1. The monoisotopic (exact) mass is 325 g/mol. The zero-order chi connectivity index (χ0) is 13.3. The molecule has 2 nitrogen and oxygen atoms in total. The lowest BCUT2D eigenvalue weighted by atomic mass is 10.1. The molecule has 0 aliphatic rings. The summed E-state index contributed by atoms with van der Waals surface area (Å²) in [5, 5.41) is 0.716. The number of aryl methyl sites for hydroxylation is 3. The number of aromatic nitrogens is 1. The highest BCUT2D eigenvalue weighted by molar-refractivity contribution is 9.10. The van der Waals surface area contributed by atoms with Crippen molar-refractivity contribution in [1.82, 2.24) is 4.98 Å². The highest BCUT2D eigenvalue weighted by atomic mass is 79.9. The van der Waals surface area contributed by atoms with E-state index in [9.17, 15) is 0 Å². The van der Waals surface area contributed by atoms with Gasteiger partial charge in [-0.15, -0.1) is 0 Å². The summed E-state index contributed by atoms with van der Waals surface area (Å²) in [5.74, 6) is 1.37. The van der Waals surface area contributed by atoms with Gasteiger partial charge in [0.05, 0.1) is 4.47 Å². The van der Waals surface area contributed by atoms with Crippen molar-refractivity contribution in [2.24, 2.45) is 0 Å². The van der Waals surface area contributed by atoms with E-state index >= 15 is 0 Å². The fourth-order valence-corrected chi connectivity index (χ4v) is 2.62. The lowest BCUT2D eigenvalue weighted by Crippen LogP contribution is -1.94. The van der Waals surface area contributed by atoms with Gasteiger partial charge in [0.1, 0.15) is 5.75 Å². The average molecular weight is 327 g/mol. The minimum absolute atomic E-state index is 0.564. The van der Waals surface area contributed by atoms with Crippen LogP contribution in [0.5, 0.6) is 11.6 Å². The quantitative estimate of drug-likeness (QED) is 0.755. The first-order valence-corrected chi connectivity index (χ1v) is 6.71. The zero-order valence-corrected chi connectivity index (χ0v) is 12.8. The Bertz CT molecular complexity index is 575. The Hall–Kier alpha value is -1.06. The van der Waals surface area contributed by atoms with Gasteiger partial charge in [-0.25, -0.2) is 4.98 Å². The van der Waals surface area contributed by atoms with Crippen molar-refractivity contribution in [2.45, 2.75) is 20.8 Å². The van der Waals surface area contributed by atoms with Crippen LogP contribution in [-0.2, 0) is 0 Å². The van der Waals surface area contributed by atoms with Crippen LogP contribution in [0.3, 0.4) is 0 Å². The van der Waals surface area contributed by atoms with Crippen LogP contribution in [0.4, 0.5) is 0 Å². The number of pyridine rings is 1. The molecular weight excluding hydrogens is 314 g/mol. The van der Waals surface area contributed by atoms with Gasteiger partial charge in [-0.3, -0.25) is 0 Å². The number of halogens is 2. The SMILES string of the molecule is Cc1cnc(Oc2c(C)cc(Cl)cc2C)c(Br)c1. The molecule has 0 amide bonds. The number of nitrogens with zero attached hydrogens (tertiary/aromatic N) is 1. The molecule has 94 valence electrons. The number of hydrogen-bond donors (Lipinski definition) is 0. The number of rotatable bonds is 2. The average Bonchev–Trinajstić information content (AvgIpc) is 2.25. The molecule has 1 aromatic carbocycles. The Morgan fingerprint density at radius 2 is 1.72 bits per heavy atom. The second-order valence-electron chi connectivity index (χ2n) is 4.27. The molecule has 0 saturated carbocycles. The molecule has 0 atom stereocenters. The van der Waals surface area contributed by atoms with Gasteiger partial charge in [-0.1, -0.05) is 11.6 Å². The van der Waals surface area contributed by atoms with Crippen molar-refractivity contribution in [3.05, 3.63) is 50.6 Å². The standard InChI is InChI=1S/C14H13BrClNO/c1-8-4-12(15)14(17-7-8)18-13-9(2)5-11(16)6-10(13)3/h4-7H,1-3H3. The van der Waals surface area contributed by atoms with Gasteiger partial charge in [0.25, 0.3) is 0 Å². The molecule has 0 saturated heterocycles. The van der Waals surface area contributed by atoms with E-state index in [4.69, 9.17) is 16.3 Å². The normalized spacial score (nSPS) is 10.5. The van der Waals surface area contributed by atoms with Crippen molar-refractivity contribution in [3.8, 4) is 11.6 Å². The molecule has 2 aromatic rings. The van der Waals surface area contributed by atoms with Crippen molar-refractivity contribution < 1.29 is 4.74 Å². The van der Waals surface area contributed by atoms with E-state index in [1.165, 1.54) is 0 Å². The molecule has 4 heteroatoms. The van der Waals surface area contributed by atoms with Crippen molar-refractivity contribution in [1.29, 1.82) is 0 Å². The molecule has 0 fully saturated rings. The van der Waals surface area contributed by atoms with Gasteiger partial charge >= 0.3 is 0 Å². The van der Waals surface area contributed by atoms with E-state index in [1.807, 2.05) is 39.0 Å². The molecule has 1 aromatic heterocycles. The van der Waals surface area contributed by atoms with Gasteiger partial charge < -0.3 is 4.74 Å². The highest BCUT2D eigenvalue weighted by Gasteiger charge is 2.10. The van der Waals surface area contributed by atoms with E-state index in [2.05, 4.69) is 20.9 Å². The summed E-state index contributed by atoms with van der Waals surface area (Å²) in [7, 11) is 0. The molecular formula is C14H13BrClNO. The molecule has 0 N–H and O–H groups in total. The van der Waals surface area contributed by atoms with Gasteiger partial charge in [0, 0.05) is 11.2 Å². The number of hydrogen-bond acceptors (Lipinski definition) is 2. The summed E-state index contributed by atoms with van der Waals surface area (Å²) >= 11 is 9.45. The number of ether oxygens (including phenoxy) is 1. The fraction of sp³-hybridized carbons (Fsp3) is 0.214. The second kappa shape index (κ2) is 5.29. The van der Waals surface area contributed by atoms with Crippen LogP contribution < -0.4 is 4.74 Å². The van der Waals surface area contributed by atoms with Crippen LogP contribution in [0.2, 0.25) is 5.02 Å². The summed E-state index contributed by atoms with van der Waals surface area (Å²) in [6.07, 6.45) is 1.78. The van der Waals surface area contributed by atoms with E-state index in [1.54, 1.807) is 6.20 Å². The molecule has 0 aliphatic heterocycles. The minimum atomic E-state index is 0.564. The fourth-order valence-electron chi connectivity index (χ4n) is 1.75. The first-order valence-electron chi connectivity index (χ1n) is 5.54. The van der Waals surface area contributed by atoms with E-state index < -0.39 is 0 Å². The zero-order valence-electron chi connectivity index (χ0n) is 10.4. The second-order valence-corrected chi connectivity index (χ2v) is 5.56. The lowest BCUT2D eigenvalue weighted by Gasteiger charge is -2.12. The molecule has 0 radical (unpaired) electrons. The third-order valence-electron chi connectivity index (χ3n) is 2.57. The summed E-state index contributed by atoms with van der Waals surface area (Å²) < 4.78 is 6.71. The van der Waals surface area contributed by atoms with Crippen LogP contribution in [0.25, 0.3) is 0 Å². The lowest BCUT2D eigenvalue weighted by molar-refractivity contribution is 0.452. The molecule has 0 unspecified atom stereocenters. The predicted molar refractivity (Wildman–Crippen MR) is 77.7 cm³/mol. The third-order valence-corrected chi connectivity index (χ3v) is 3.35. The Kier molecular flexibility index (Phi) is 3.93. The van der Waals surface area contributed by atoms with Gasteiger partial charge in [-0.05, 0) is 71.6 Å². The van der Waals surface area contributed by atoms with Crippen molar-refractivity contribution >= 4 is 27.5 Å². The van der Waals surface area contributed by atoms with E-state index in [0.29, 0.717) is 10.9 Å². The molecule has 2 rings (SSSR count). The van der Waals surface area contributed by atoms with Gasteiger partial charge in [0.2, 0.25) is 5.88 Å². The summed E-state index contributed by atoms with van der Waals surface area (Å²) in [5.41, 5.74) is 3.07. The van der Waals surface area contributed by atoms with Crippen molar-refractivity contribution in [2.75, 3.05) is 0 Å². The first kappa shape index (κ1) is 13.4. The molecule has 1 heterocycles. The smallest absolute Gasteiger partial charge is 0.233 e. The topological polar surface area (TPSA) is 22.1 Å². The summed E-state index contributed by atoms with van der Waals surface area (Å²) in [6, 6.07) is 5.74. The Labute approximate surface area is 120 Å². The molecule has 0 spiro atoms. The molecule has 18 heavy (non-hydrogen) atoms. The summed E-state index contributed by atoms with van der Waals surface area (Å²) in [6.45, 7) is 5.92.